The number of piperidine rings is 1. The lowest BCUT2D eigenvalue weighted by Crippen LogP contribution is -2.46. The minimum absolute atomic E-state index is 0.171. The first-order valence-electron chi connectivity index (χ1n) is 8.70. The molecule has 6 heteroatoms. The fourth-order valence-corrected chi connectivity index (χ4v) is 4.20. The molecule has 2 heterocycles. The molecule has 2 aliphatic rings. The number of hydrogen-bond donors (Lipinski definition) is 1. The lowest BCUT2D eigenvalue weighted by molar-refractivity contribution is 0.0702. The van der Waals surface area contributed by atoms with Gasteiger partial charge in [-0.15, -0.1) is 0 Å². The molecule has 1 aliphatic heterocycles. The van der Waals surface area contributed by atoms with Crippen LogP contribution in [0.4, 0.5) is 4.79 Å². The van der Waals surface area contributed by atoms with Crippen LogP contribution in [-0.4, -0.2) is 35.8 Å². The van der Waals surface area contributed by atoms with Gasteiger partial charge >= 0.3 is 6.09 Å². The normalized spacial score (nSPS) is 26.2. The molecule has 23 heavy (non-hydrogen) atoms. The Labute approximate surface area is 136 Å². The second-order valence-electron chi connectivity index (χ2n) is 6.89. The molecule has 0 radical (unpaired) electrons. The third-order valence-electron chi connectivity index (χ3n) is 5.40. The Hall–Kier alpha value is -1.72. The first-order valence-corrected chi connectivity index (χ1v) is 8.70. The van der Waals surface area contributed by atoms with E-state index in [-0.39, 0.29) is 23.6 Å². The van der Waals surface area contributed by atoms with Crippen molar-refractivity contribution in [3.63, 3.8) is 0 Å². The Balaban J connectivity index is 1.71. The molecule has 1 aliphatic carbocycles. The number of H-pyrrole nitrogens is 1. The fourth-order valence-electron chi connectivity index (χ4n) is 4.20. The van der Waals surface area contributed by atoms with Crippen molar-refractivity contribution in [1.29, 1.82) is 0 Å². The minimum atomic E-state index is -0.236. The van der Waals surface area contributed by atoms with Crippen molar-refractivity contribution >= 4 is 6.09 Å². The summed E-state index contributed by atoms with van der Waals surface area (Å²) in [5, 5.41) is 2.37. The summed E-state index contributed by atoms with van der Waals surface area (Å²) >= 11 is 0. The van der Waals surface area contributed by atoms with Crippen LogP contribution in [-0.2, 0) is 4.74 Å². The molecule has 3 rings (SSSR count). The molecule has 1 N–H and O–H groups in total. The van der Waals surface area contributed by atoms with Crippen LogP contribution in [0.15, 0.2) is 15.4 Å². The van der Waals surface area contributed by atoms with Crippen molar-refractivity contribution in [2.24, 2.45) is 5.92 Å². The van der Waals surface area contributed by atoms with Crippen LogP contribution >= 0.6 is 0 Å². The van der Waals surface area contributed by atoms with E-state index in [1.165, 1.54) is 45.3 Å². The van der Waals surface area contributed by atoms with Gasteiger partial charge in [0.25, 0.3) is 5.56 Å². The van der Waals surface area contributed by atoms with Gasteiger partial charge in [-0.25, -0.2) is 4.79 Å². The topological polar surface area (TPSA) is 75.5 Å². The number of ether oxygens (including phenoxy) is 1. The summed E-state index contributed by atoms with van der Waals surface area (Å²) in [5.41, 5.74) is -0.195. The maximum Gasteiger partial charge on any atom is 0.409 e. The number of nitrogens with one attached hydrogen (secondary N) is 1. The summed E-state index contributed by atoms with van der Waals surface area (Å²) in [6, 6.07) is 1.71. The van der Waals surface area contributed by atoms with Gasteiger partial charge in [0.15, 0.2) is 0 Å². The molecule has 0 bridgehead atoms. The Kier molecular flexibility index (Phi) is 5.08. The monoisotopic (exact) mass is 322 g/mol. The molecule has 2 fully saturated rings. The lowest BCUT2D eigenvalue weighted by Gasteiger charge is -2.40. The largest absolute Gasteiger partial charge is 0.453 e. The van der Waals surface area contributed by atoms with Crippen LogP contribution in [0.1, 0.15) is 63.0 Å². The number of aromatic nitrogens is 1. The van der Waals surface area contributed by atoms with Gasteiger partial charge in [0, 0.05) is 24.6 Å². The molecule has 6 nitrogen and oxygen atoms in total. The first kappa shape index (κ1) is 16.1. The van der Waals surface area contributed by atoms with Crippen LogP contribution in [0.5, 0.6) is 0 Å². The summed E-state index contributed by atoms with van der Waals surface area (Å²) in [5.74, 6) is 1.61. The maximum absolute atomic E-state index is 12.1. The van der Waals surface area contributed by atoms with Crippen molar-refractivity contribution in [3.8, 4) is 0 Å². The molecular formula is C17H26N2O4. The summed E-state index contributed by atoms with van der Waals surface area (Å²) in [4.78, 5) is 25.3. The van der Waals surface area contributed by atoms with Gasteiger partial charge in [-0.2, -0.15) is 5.16 Å². The molecule has 128 valence electrons. The number of carbonyl (C=O) groups excluding carboxylic acids is 1. The number of likely N-dealkylation sites (tertiary alicyclic amines) is 1. The molecule has 0 aromatic carbocycles. The quantitative estimate of drug-likeness (QED) is 0.927. The van der Waals surface area contributed by atoms with Crippen molar-refractivity contribution in [2.45, 2.75) is 63.3 Å². The number of methoxy groups -OCH3 is 1. The van der Waals surface area contributed by atoms with Gasteiger partial charge in [0.1, 0.15) is 5.76 Å². The Bertz CT molecular complexity index is 573. The average Bonchev–Trinajstić information content (AvgIpc) is 3.01. The molecule has 1 saturated carbocycles. The SMILES string of the molecule is COC(=O)N1CC[C@@H](c2cc(=O)[nH]o2)C[C@H]1CC1CCCCC1. The highest BCUT2D eigenvalue weighted by molar-refractivity contribution is 5.68. The number of amides is 1. The Morgan fingerprint density at radius 2 is 2.13 bits per heavy atom. The van der Waals surface area contributed by atoms with E-state index in [0.29, 0.717) is 18.2 Å². The van der Waals surface area contributed by atoms with E-state index in [0.717, 1.165) is 19.3 Å². The van der Waals surface area contributed by atoms with Crippen molar-refractivity contribution in [2.75, 3.05) is 13.7 Å². The van der Waals surface area contributed by atoms with E-state index in [2.05, 4.69) is 5.16 Å². The summed E-state index contributed by atoms with van der Waals surface area (Å²) < 4.78 is 10.3. The number of carbonyl (C=O) groups is 1. The van der Waals surface area contributed by atoms with E-state index >= 15 is 0 Å². The van der Waals surface area contributed by atoms with Crippen LogP contribution < -0.4 is 5.56 Å². The highest BCUT2D eigenvalue weighted by atomic mass is 16.5. The zero-order chi connectivity index (χ0) is 16.2. The van der Waals surface area contributed by atoms with Crippen molar-refractivity contribution in [3.05, 3.63) is 22.2 Å². The lowest BCUT2D eigenvalue weighted by atomic mass is 9.80. The van der Waals surface area contributed by atoms with Gasteiger partial charge in [-0.05, 0) is 25.2 Å². The smallest absolute Gasteiger partial charge is 0.409 e. The second kappa shape index (κ2) is 7.23. The van der Waals surface area contributed by atoms with E-state index in [4.69, 9.17) is 9.26 Å². The maximum atomic E-state index is 12.1. The van der Waals surface area contributed by atoms with Gasteiger partial charge in [-0.1, -0.05) is 32.1 Å². The zero-order valence-electron chi connectivity index (χ0n) is 13.8. The third kappa shape index (κ3) is 3.79. The summed E-state index contributed by atoms with van der Waals surface area (Å²) in [6.45, 7) is 0.656. The van der Waals surface area contributed by atoms with E-state index < -0.39 is 0 Å². The molecular weight excluding hydrogens is 296 g/mol. The second-order valence-corrected chi connectivity index (χ2v) is 6.89. The van der Waals surface area contributed by atoms with Crippen LogP contribution in [0.3, 0.4) is 0 Å². The fraction of sp³-hybridized carbons (Fsp3) is 0.765. The molecule has 2 atom stereocenters. The van der Waals surface area contributed by atoms with Gasteiger partial charge in [0.2, 0.25) is 0 Å². The Morgan fingerprint density at radius 3 is 2.78 bits per heavy atom. The Morgan fingerprint density at radius 1 is 1.35 bits per heavy atom. The number of aromatic amines is 1. The number of rotatable bonds is 3. The standard InChI is InChI=1S/C17H26N2O4/c1-22-17(21)19-8-7-13(15-11-16(20)18-23-15)10-14(19)9-12-5-3-2-4-6-12/h11-14H,2-10H2,1H3,(H,18,20)/t13-,14-/m1/s1. The van der Waals surface area contributed by atoms with E-state index in [1.54, 1.807) is 0 Å². The summed E-state index contributed by atoms with van der Waals surface area (Å²) in [7, 11) is 1.44. The van der Waals surface area contributed by atoms with Crippen LogP contribution in [0, 0.1) is 5.92 Å². The third-order valence-corrected chi connectivity index (χ3v) is 5.40. The molecule has 1 aromatic heterocycles. The predicted octanol–water partition coefficient (Wildman–Crippen LogP) is 3.25. The van der Waals surface area contributed by atoms with E-state index in [9.17, 15) is 9.59 Å². The number of nitrogens with zero attached hydrogens (tertiary/aromatic N) is 1. The van der Waals surface area contributed by atoms with E-state index in [1.807, 2.05) is 4.90 Å². The zero-order valence-corrected chi connectivity index (χ0v) is 13.8. The highest BCUT2D eigenvalue weighted by Crippen LogP contribution is 2.36. The molecule has 1 amide bonds. The van der Waals surface area contributed by atoms with Crippen molar-refractivity contribution in [1.82, 2.24) is 10.1 Å². The van der Waals surface area contributed by atoms with Gasteiger partial charge < -0.3 is 14.2 Å². The average molecular weight is 322 g/mol. The molecule has 1 aromatic rings. The molecule has 0 spiro atoms. The molecule has 0 unspecified atom stereocenters. The van der Waals surface area contributed by atoms with Crippen molar-refractivity contribution < 1.29 is 14.1 Å². The minimum Gasteiger partial charge on any atom is -0.453 e. The van der Waals surface area contributed by atoms with Gasteiger partial charge in [0.05, 0.1) is 7.11 Å². The number of hydrogen-bond acceptors (Lipinski definition) is 4. The molecule has 1 saturated heterocycles. The first-order chi connectivity index (χ1) is 11.2. The van der Waals surface area contributed by atoms with Gasteiger partial charge in [-0.3, -0.25) is 4.79 Å². The predicted molar refractivity (Wildman–Crippen MR) is 85.4 cm³/mol. The van der Waals surface area contributed by atoms with Crippen LogP contribution in [0.25, 0.3) is 0 Å². The highest BCUT2D eigenvalue weighted by Gasteiger charge is 2.35. The van der Waals surface area contributed by atoms with Crippen LogP contribution in [0.2, 0.25) is 0 Å². The summed E-state index contributed by atoms with van der Waals surface area (Å²) in [6.07, 6.45) is 8.88.